The molecule has 0 saturated heterocycles. The quantitative estimate of drug-likeness (QED) is 0.395. The number of aromatic nitrogens is 3. The van der Waals surface area contributed by atoms with Crippen molar-refractivity contribution in [3.8, 4) is 22.6 Å². The summed E-state index contributed by atoms with van der Waals surface area (Å²) in [4.78, 5) is 29.5. The third kappa shape index (κ3) is 3.40. The topological polar surface area (TPSA) is 77.5 Å². The standard InChI is InChI=1S/C22H12BrN3O3S/c23-15-8-4-7-14(11-15)17-10-9-16(29-17)12-18-21(28)26-22(30-18)24-20(27)19(25-26)13-5-2-1-3-6-13/h1-12H/b18-12-. The molecule has 0 atom stereocenters. The van der Waals surface area contributed by atoms with Crippen LogP contribution < -0.4 is 15.7 Å². The van der Waals surface area contributed by atoms with E-state index >= 15 is 0 Å². The first-order valence-electron chi connectivity index (χ1n) is 8.95. The van der Waals surface area contributed by atoms with Gasteiger partial charge in [0.25, 0.3) is 5.56 Å². The Morgan fingerprint density at radius 3 is 2.57 bits per heavy atom. The number of furan rings is 1. The van der Waals surface area contributed by atoms with E-state index in [-0.39, 0.29) is 16.2 Å². The van der Waals surface area contributed by atoms with Gasteiger partial charge in [0, 0.05) is 21.7 Å². The molecule has 0 N–H and O–H groups in total. The average molecular weight is 478 g/mol. The molecule has 0 spiro atoms. The molecule has 146 valence electrons. The summed E-state index contributed by atoms with van der Waals surface area (Å²) in [6.45, 7) is 0. The van der Waals surface area contributed by atoms with Gasteiger partial charge in [-0.05, 0) is 24.3 Å². The number of thiazole rings is 1. The first-order valence-corrected chi connectivity index (χ1v) is 10.6. The minimum atomic E-state index is -0.469. The lowest BCUT2D eigenvalue weighted by molar-refractivity contribution is 0.571. The third-order valence-electron chi connectivity index (χ3n) is 4.44. The van der Waals surface area contributed by atoms with Crippen LogP contribution >= 0.6 is 27.3 Å². The second kappa shape index (κ2) is 7.47. The Morgan fingerprint density at radius 2 is 1.77 bits per heavy atom. The Hall–Kier alpha value is -3.36. The Labute approximate surface area is 181 Å². The molecule has 5 rings (SSSR count). The van der Waals surface area contributed by atoms with Crippen molar-refractivity contribution in [1.82, 2.24) is 14.6 Å². The lowest BCUT2D eigenvalue weighted by Gasteiger charge is -1.98. The summed E-state index contributed by atoms with van der Waals surface area (Å²) in [6.07, 6.45) is 1.64. The van der Waals surface area contributed by atoms with Crippen molar-refractivity contribution in [3.05, 3.63) is 102 Å². The van der Waals surface area contributed by atoms with Crippen LogP contribution in [0.5, 0.6) is 0 Å². The summed E-state index contributed by atoms with van der Waals surface area (Å²) in [6, 6.07) is 20.3. The van der Waals surface area contributed by atoms with E-state index in [9.17, 15) is 9.59 Å². The average Bonchev–Trinajstić information content (AvgIpc) is 3.33. The second-order valence-corrected chi connectivity index (χ2v) is 8.38. The van der Waals surface area contributed by atoms with Crippen LogP contribution in [0.3, 0.4) is 0 Å². The zero-order valence-corrected chi connectivity index (χ0v) is 17.7. The van der Waals surface area contributed by atoms with Crippen molar-refractivity contribution in [3.63, 3.8) is 0 Å². The molecule has 3 heterocycles. The van der Waals surface area contributed by atoms with Gasteiger partial charge >= 0.3 is 5.56 Å². The minimum absolute atomic E-state index is 0.143. The highest BCUT2D eigenvalue weighted by Gasteiger charge is 2.13. The maximum Gasteiger partial charge on any atom is 0.300 e. The molecule has 0 aliphatic heterocycles. The summed E-state index contributed by atoms with van der Waals surface area (Å²) in [7, 11) is 0. The maximum absolute atomic E-state index is 12.8. The Kier molecular flexibility index (Phi) is 4.65. The minimum Gasteiger partial charge on any atom is -0.457 e. The zero-order valence-electron chi connectivity index (χ0n) is 15.3. The predicted octanol–water partition coefficient (Wildman–Crippen LogP) is 3.75. The van der Waals surface area contributed by atoms with Crippen LogP contribution in [0, 0.1) is 0 Å². The van der Waals surface area contributed by atoms with Crippen molar-refractivity contribution in [2.75, 3.05) is 0 Å². The monoisotopic (exact) mass is 477 g/mol. The normalized spacial score (nSPS) is 12.0. The van der Waals surface area contributed by atoms with Gasteiger partial charge in [0.05, 0.1) is 0 Å². The Balaban J connectivity index is 1.60. The van der Waals surface area contributed by atoms with E-state index in [0.29, 0.717) is 21.6 Å². The molecular formula is C22H12BrN3O3S. The fraction of sp³-hybridized carbons (Fsp3) is 0. The smallest absolute Gasteiger partial charge is 0.300 e. The van der Waals surface area contributed by atoms with Gasteiger partial charge in [-0.25, -0.2) is 0 Å². The number of benzene rings is 2. The number of nitrogens with zero attached hydrogens (tertiary/aromatic N) is 3. The maximum atomic E-state index is 12.8. The van der Waals surface area contributed by atoms with Crippen LogP contribution in [0.25, 0.3) is 33.6 Å². The summed E-state index contributed by atoms with van der Waals surface area (Å²) >= 11 is 4.54. The van der Waals surface area contributed by atoms with Crippen molar-refractivity contribution >= 4 is 38.3 Å². The fourth-order valence-corrected chi connectivity index (χ4v) is 4.33. The van der Waals surface area contributed by atoms with E-state index in [1.54, 1.807) is 36.4 Å². The second-order valence-electron chi connectivity index (χ2n) is 6.45. The van der Waals surface area contributed by atoms with Gasteiger partial charge in [-0.1, -0.05) is 69.7 Å². The van der Waals surface area contributed by atoms with Gasteiger partial charge in [-0.2, -0.15) is 14.6 Å². The molecule has 8 heteroatoms. The van der Waals surface area contributed by atoms with Crippen molar-refractivity contribution < 1.29 is 4.42 Å². The predicted molar refractivity (Wildman–Crippen MR) is 119 cm³/mol. The molecule has 0 radical (unpaired) electrons. The zero-order chi connectivity index (χ0) is 20.7. The third-order valence-corrected chi connectivity index (χ3v) is 5.89. The first-order chi connectivity index (χ1) is 14.6. The molecule has 5 aromatic rings. The van der Waals surface area contributed by atoms with Crippen LogP contribution in [0.1, 0.15) is 5.76 Å². The Morgan fingerprint density at radius 1 is 0.967 bits per heavy atom. The molecule has 0 unspecified atom stereocenters. The van der Waals surface area contributed by atoms with Gasteiger partial charge in [-0.15, -0.1) is 0 Å². The van der Waals surface area contributed by atoms with Crippen molar-refractivity contribution in [1.29, 1.82) is 0 Å². The highest BCUT2D eigenvalue weighted by atomic mass is 79.9. The molecule has 2 aromatic carbocycles. The van der Waals surface area contributed by atoms with E-state index in [2.05, 4.69) is 26.0 Å². The SMILES string of the molecule is O=c1nc2s/c(=C\c3ccc(-c4cccc(Br)c4)o3)c(=O)n2nc1-c1ccccc1. The van der Waals surface area contributed by atoms with Crippen LogP contribution in [-0.2, 0) is 0 Å². The van der Waals surface area contributed by atoms with Crippen LogP contribution in [0.4, 0.5) is 0 Å². The summed E-state index contributed by atoms with van der Waals surface area (Å²) < 4.78 is 8.37. The molecular weight excluding hydrogens is 466 g/mol. The highest BCUT2D eigenvalue weighted by molar-refractivity contribution is 9.10. The summed E-state index contributed by atoms with van der Waals surface area (Å²) in [5.74, 6) is 1.22. The highest BCUT2D eigenvalue weighted by Crippen LogP contribution is 2.25. The molecule has 0 fully saturated rings. The number of rotatable bonds is 3. The largest absolute Gasteiger partial charge is 0.457 e. The number of hydrogen-bond acceptors (Lipinski definition) is 6. The van der Waals surface area contributed by atoms with Crippen LogP contribution in [0.15, 0.2) is 85.2 Å². The van der Waals surface area contributed by atoms with Gasteiger partial charge in [-0.3, -0.25) is 9.59 Å². The Bertz CT molecular complexity index is 1550. The van der Waals surface area contributed by atoms with Gasteiger partial charge in [0.1, 0.15) is 16.1 Å². The molecule has 0 aliphatic rings. The molecule has 0 bridgehead atoms. The fourth-order valence-electron chi connectivity index (χ4n) is 3.04. The van der Waals surface area contributed by atoms with E-state index < -0.39 is 5.56 Å². The van der Waals surface area contributed by atoms with E-state index in [4.69, 9.17) is 4.42 Å². The lowest BCUT2D eigenvalue weighted by Crippen LogP contribution is -2.26. The number of halogens is 1. The number of hydrogen-bond donors (Lipinski definition) is 0. The lowest BCUT2D eigenvalue weighted by atomic mass is 10.2. The van der Waals surface area contributed by atoms with Gasteiger partial charge in [0.15, 0.2) is 5.69 Å². The molecule has 6 nitrogen and oxygen atoms in total. The number of fused-ring (bicyclic) bond motifs is 1. The van der Waals surface area contributed by atoms with E-state index in [0.717, 1.165) is 21.4 Å². The first kappa shape index (κ1) is 18.7. The molecule has 3 aromatic heterocycles. The van der Waals surface area contributed by atoms with E-state index in [1.807, 2.05) is 36.4 Å². The molecule has 30 heavy (non-hydrogen) atoms. The van der Waals surface area contributed by atoms with Crippen molar-refractivity contribution in [2.24, 2.45) is 0 Å². The molecule has 0 amide bonds. The van der Waals surface area contributed by atoms with Crippen LogP contribution in [-0.4, -0.2) is 14.6 Å². The molecule has 0 saturated carbocycles. The van der Waals surface area contributed by atoms with Crippen molar-refractivity contribution in [2.45, 2.75) is 0 Å². The van der Waals surface area contributed by atoms with E-state index in [1.165, 1.54) is 4.52 Å². The summed E-state index contributed by atoms with van der Waals surface area (Å²) in [5, 5.41) is 4.25. The summed E-state index contributed by atoms with van der Waals surface area (Å²) in [5.41, 5.74) is 0.864. The van der Waals surface area contributed by atoms with Gasteiger partial charge in [0.2, 0.25) is 4.96 Å². The van der Waals surface area contributed by atoms with Crippen LogP contribution in [0.2, 0.25) is 0 Å². The van der Waals surface area contributed by atoms with Gasteiger partial charge < -0.3 is 4.42 Å². The molecule has 0 aliphatic carbocycles.